The van der Waals surface area contributed by atoms with Gasteiger partial charge in [-0.15, -0.1) is 0 Å². The predicted octanol–water partition coefficient (Wildman–Crippen LogP) is 2.15. The Kier molecular flexibility index (Phi) is 1.13. The maximum Gasteiger partial charge on any atom is -0.0678 e. The maximum atomic E-state index is 2.24. The summed E-state index contributed by atoms with van der Waals surface area (Å²) in [6.45, 7) is 2.24. The van der Waals surface area contributed by atoms with Gasteiger partial charge in [-0.25, -0.2) is 12.8 Å². The highest BCUT2D eigenvalue weighted by Gasteiger charge is 2.00. The van der Waals surface area contributed by atoms with Gasteiger partial charge in [0.05, 0.1) is 0 Å². The SMILES string of the molecule is CCC[C-]1CC1. The molecule has 1 rings (SSSR count). The van der Waals surface area contributed by atoms with Crippen LogP contribution in [0.2, 0.25) is 0 Å². The van der Waals surface area contributed by atoms with Gasteiger partial charge >= 0.3 is 0 Å². The summed E-state index contributed by atoms with van der Waals surface area (Å²) in [6, 6.07) is 0. The largest absolute Gasteiger partial charge is 0.318 e. The van der Waals surface area contributed by atoms with E-state index in [1.807, 2.05) is 0 Å². The van der Waals surface area contributed by atoms with Crippen molar-refractivity contribution in [3.05, 3.63) is 5.92 Å². The first-order chi connectivity index (χ1) is 2.93. The molecule has 0 saturated heterocycles. The molecule has 0 unspecified atom stereocenters. The standard InChI is InChI=1S/C6H11/c1-2-3-6-4-5-6/h2-5H2,1H3/q-1. The van der Waals surface area contributed by atoms with Gasteiger partial charge in [0.2, 0.25) is 0 Å². The summed E-state index contributed by atoms with van der Waals surface area (Å²) >= 11 is 0. The van der Waals surface area contributed by atoms with Crippen molar-refractivity contribution in [1.29, 1.82) is 0 Å². The fourth-order valence-electron chi connectivity index (χ4n) is 0.692. The zero-order valence-corrected chi connectivity index (χ0v) is 4.33. The lowest BCUT2D eigenvalue weighted by molar-refractivity contribution is 0.883. The summed E-state index contributed by atoms with van der Waals surface area (Å²) in [4.78, 5) is 0. The molecule has 0 nitrogen and oxygen atoms in total. The first kappa shape index (κ1) is 4.17. The van der Waals surface area contributed by atoms with E-state index in [0.717, 1.165) is 0 Å². The lowest BCUT2D eigenvalue weighted by Gasteiger charge is -1.98. The third-order valence-corrected chi connectivity index (χ3v) is 1.21. The number of rotatable bonds is 2. The van der Waals surface area contributed by atoms with Crippen LogP contribution in [0.1, 0.15) is 32.6 Å². The smallest absolute Gasteiger partial charge is 0.0678 e. The van der Waals surface area contributed by atoms with E-state index in [1.165, 1.54) is 25.7 Å². The van der Waals surface area contributed by atoms with E-state index < -0.39 is 0 Å². The highest BCUT2D eigenvalue weighted by molar-refractivity contribution is 5.04. The van der Waals surface area contributed by atoms with Crippen LogP contribution in [-0.4, -0.2) is 0 Å². The molecule has 6 heavy (non-hydrogen) atoms. The van der Waals surface area contributed by atoms with E-state index in [9.17, 15) is 0 Å². The minimum Gasteiger partial charge on any atom is -0.318 e. The van der Waals surface area contributed by atoms with E-state index in [4.69, 9.17) is 0 Å². The molecule has 0 radical (unpaired) electrons. The Morgan fingerprint density at radius 3 is 2.33 bits per heavy atom. The topological polar surface area (TPSA) is 0 Å². The van der Waals surface area contributed by atoms with Crippen molar-refractivity contribution < 1.29 is 0 Å². The maximum absolute atomic E-state index is 2.24. The van der Waals surface area contributed by atoms with Crippen LogP contribution in [0.5, 0.6) is 0 Å². The molecule has 0 N–H and O–H groups in total. The second-order valence-electron chi connectivity index (χ2n) is 2.00. The first-order valence-electron chi connectivity index (χ1n) is 2.77. The van der Waals surface area contributed by atoms with Gasteiger partial charge in [-0.05, 0) is 0 Å². The van der Waals surface area contributed by atoms with Gasteiger partial charge in [-0.1, -0.05) is 13.3 Å². The van der Waals surface area contributed by atoms with Gasteiger partial charge in [-0.2, -0.15) is 6.42 Å². The van der Waals surface area contributed by atoms with E-state index in [1.54, 1.807) is 5.92 Å². The Morgan fingerprint density at radius 1 is 1.50 bits per heavy atom. The monoisotopic (exact) mass is 83.1 g/mol. The Morgan fingerprint density at radius 2 is 2.17 bits per heavy atom. The molecule has 1 aliphatic carbocycles. The van der Waals surface area contributed by atoms with Gasteiger partial charge in [-0.3, -0.25) is 0 Å². The molecule has 1 saturated carbocycles. The molecule has 0 heteroatoms. The quantitative estimate of drug-likeness (QED) is 0.449. The van der Waals surface area contributed by atoms with Crippen LogP contribution in [0.3, 0.4) is 0 Å². The zero-order valence-electron chi connectivity index (χ0n) is 4.33. The summed E-state index contributed by atoms with van der Waals surface area (Å²) in [5, 5.41) is 0. The summed E-state index contributed by atoms with van der Waals surface area (Å²) < 4.78 is 0. The van der Waals surface area contributed by atoms with Gasteiger partial charge in [0.25, 0.3) is 0 Å². The minimum absolute atomic E-state index is 1.36. The third-order valence-electron chi connectivity index (χ3n) is 1.21. The van der Waals surface area contributed by atoms with Crippen LogP contribution in [0.25, 0.3) is 0 Å². The van der Waals surface area contributed by atoms with Crippen LogP contribution in [0.4, 0.5) is 0 Å². The highest BCUT2D eigenvalue weighted by Crippen LogP contribution is 2.35. The highest BCUT2D eigenvalue weighted by atomic mass is 14.2. The average Bonchev–Trinajstić information content (AvgIpc) is 2.21. The number of hydrogen-bond acceptors (Lipinski definition) is 0. The predicted molar refractivity (Wildman–Crippen MR) is 27.4 cm³/mol. The number of hydrogen-bond donors (Lipinski definition) is 0. The fourth-order valence-corrected chi connectivity index (χ4v) is 0.692. The summed E-state index contributed by atoms with van der Waals surface area (Å²) in [7, 11) is 0. The van der Waals surface area contributed by atoms with Gasteiger partial charge in [0.1, 0.15) is 0 Å². The van der Waals surface area contributed by atoms with E-state index in [-0.39, 0.29) is 0 Å². The van der Waals surface area contributed by atoms with Crippen molar-refractivity contribution in [3.8, 4) is 0 Å². The Balaban J connectivity index is 1.88. The molecule has 0 aromatic rings. The van der Waals surface area contributed by atoms with Crippen molar-refractivity contribution in [2.24, 2.45) is 0 Å². The average molecular weight is 83.2 g/mol. The van der Waals surface area contributed by atoms with Crippen molar-refractivity contribution in [2.75, 3.05) is 0 Å². The molecule has 1 aliphatic rings. The van der Waals surface area contributed by atoms with Crippen LogP contribution >= 0.6 is 0 Å². The Hall–Kier alpha value is 0. The molecule has 0 aromatic heterocycles. The van der Waals surface area contributed by atoms with Crippen molar-refractivity contribution in [1.82, 2.24) is 0 Å². The molecule has 0 bridgehead atoms. The molecule has 0 heterocycles. The second-order valence-corrected chi connectivity index (χ2v) is 2.00. The van der Waals surface area contributed by atoms with Crippen LogP contribution < -0.4 is 0 Å². The summed E-state index contributed by atoms with van der Waals surface area (Å²) in [5.74, 6) is 1.79. The third kappa shape index (κ3) is 1.00. The minimum atomic E-state index is 1.36. The van der Waals surface area contributed by atoms with Crippen molar-refractivity contribution >= 4 is 0 Å². The summed E-state index contributed by atoms with van der Waals surface area (Å²) in [5.41, 5.74) is 0. The molecule has 0 amide bonds. The van der Waals surface area contributed by atoms with Gasteiger partial charge in [0.15, 0.2) is 0 Å². The molecule has 0 aliphatic heterocycles. The normalized spacial score (nSPS) is 21.5. The Labute approximate surface area is 39.6 Å². The molecule has 0 spiro atoms. The zero-order chi connectivity index (χ0) is 4.41. The van der Waals surface area contributed by atoms with Crippen molar-refractivity contribution in [2.45, 2.75) is 32.6 Å². The summed E-state index contributed by atoms with van der Waals surface area (Å²) in [6.07, 6.45) is 5.64. The molecule has 0 atom stereocenters. The molecular formula is C6H11-. The molecule has 1 fully saturated rings. The second kappa shape index (κ2) is 1.63. The van der Waals surface area contributed by atoms with Crippen LogP contribution in [0.15, 0.2) is 0 Å². The van der Waals surface area contributed by atoms with Gasteiger partial charge in [0, 0.05) is 0 Å². The lowest BCUT2D eigenvalue weighted by Crippen LogP contribution is -1.65. The lowest BCUT2D eigenvalue weighted by atomic mass is 10.2. The Bertz CT molecular complexity index is 35.3. The fraction of sp³-hybridized carbons (Fsp3) is 0.833. The van der Waals surface area contributed by atoms with E-state index in [0.29, 0.717) is 0 Å². The van der Waals surface area contributed by atoms with E-state index in [2.05, 4.69) is 6.92 Å². The molecule has 0 aromatic carbocycles. The van der Waals surface area contributed by atoms with Crippen molar-refractivity contribution in [3.63, 3.8) is 0 Å². The van der Waals surface area contributed by atoms with Crippen LogP contribution in [0, 0.1) is 5.92 Å². The van der Waals surface area contributed by atoms with Gasteiger partial charge < -0.3 is 5.92 Å². The molecular weight excluding hydrogens is 72.1 g/mol. The van der Waals surface area contributed by atoms with Crippen LogP contribution in [-0.2, 0) is 0 Å². The first-order valence-corrected chi connectivity index (χ1v) is 2.77. The van der Waals surface area contributed by atoms with E-state index >= 15 is 0 Å². The molecule has 36 valence electrons.